The Labute approximate surface area is 91.2 Å². The number of nitrogens with zero attached hydrogens (tertiary/aromatic N) is 1. The smallest absolute Gasteiger partial charge is 0.245 e. The van der Waals surface area contributed by atoms with Crippen molar-refractivity contribution in [3.8, 4) is 0 Å². The van der Waals surface area contributed by atoms with E-state index in [0.717, 1.165) is 5.56 Å². The lowest BCUT2D eigenvalue weighted by Crippen LogP contribution is -2.23. The van der Waals surface area contributed by atoms with Crippen molar-refractivity contribution in [2.75, 3.05) is 7.05 Å². The van der Waals surface area contributed by atoms with Gasteiger partial charge in [-0.05, 0) is 25.5 Å². The Morgan fingerprint density at radius 1 is 1.33 bits per heavy atom. The fraction of sp³-hybridized carbons (Fsp3) is 0.308. The molecule has 0 radical (unpaired) electrons. The highest BCUT2D eigenvalue weighted by Gasteiger charge is 2.05. The highest BCUT2D eigenvalue weighted by Crippen LogP contribution is 2.10. The fourth-order valence-corrected chi connectivity index (χ4v) is 1.67. The van der Waals surface area contributed by atoms with E-state index in [0.29, 0.717) is 6.54 Å². The molecule has 0 aromatic heterocycles. The van der Waals surface area contributed by atoms with Crippen LogP contribution in [0.25, 0.3) is 0 Å². The number of amides is 1. The highest BCUT2D eigenvalue weighted by atomic mass is 16.2. The Balaban J connectivity index is 2.80. The first-order valence-electron chi connectivity index (χ1n) is 4.97. The molecule has 80 valence electrons. The minimum absolute atomic E-state index is 0.0471. The molecule has 2 heteroatoms. The molecular formula is C13H17NO. The van der Waals surface area contributed by atoms with Gasteiger partial charge in [-0.15, -0.1) is 0 Å². The summed E-state index contributed by atoms with van der Waals surface area (Å²) in [6.07, 6.45) is 1.34. The van der Waals surface area contributed by atoms with Crippen LogP contribution in [0.4, 0.5) is 0 Å². The van der Waals surface area contributed by atoms with Crippen LogP contribution in [0.3, 0.4) is 0 Å². The van der Waals surface area contributed by atoms with Crippen molar-refractivity contribution in [3.05, 3.63) is 47.5 Å². The van der Waals surface area contributed by atoms with Crippen molar-refractivity contribution in [1.82, 2.24) is 4.90 Å². The third-order valence-electron chi connectivity index (χ3n) is 2.25. The van der Waals surface area contributed by atoms with Crippen LogP contribution in [-0.2, 0) is 11.3 Å². The molecule has 1 rings (SSSR count). The van der Waals surface area contributed by atoms with E-state index in [9.17, 15) is 4.79 Å². The van der Waals surface area contributed by atoms with Crippen molar-refractivity contribution in [3.63, 3.8) is 0 Å². The van der Waals surface area contributed by atoms with E-state index < -0.39 is 0 Å². The lowest BCUT2D eigenvalue weighted by Gasteiger charge is -2.15. The topological polar surface area (TPSA) is 20.3 Å². The maximum Gasteiger partial charge on any atom is 0.245 e. The Hall–Kier alpha value is -1.57. The molecular weight excluding hydrogens is 186 g/mol. The number of rotatable bonds is 3. The fourth-order valence-electron chi connectivity index (χ4n) is 1.67. The van der Waals surface area contributed by atoms with Gasteiger partial charge >= 0.3 is 0 Å². The molecule has 0 spiro atoms. The Bertz CT molecular complexity index is 362. The van der Waals surface area contributed by atoms with Gasteiger partial charge in [0, 0.05) is 13.6 Å². The van der Waals surface area contributed by atoms with Crippen molar-refractivity contribution >= 4 is 5.91 Å². The second-order valence-electron chi connectivity index (χ2n) is 3.89. The van der Waals surface area contributed by atoms with E-state index in [1.807, 2.05) is 0 Å². The first kappa shape index (κ1) is 11.5. The van der Waals surface area contributed by atoms with Crippen molar-refractivity contribution in [2.24, 2.45) is 0 Å². The quantitative estimate of drug-likeness (QED) is 0.691. The number of carbonyl (C=O) groups excluding carboxylic acids is 1. The second kappa shape index (κ2) is 4.78. The summed E-state index contributed by atoms with van der Waals surface area (Å²) in [6.45, 7) is 8.22. The zero-order valence-electron chi connectivity index (χ0n) is 9.58. The van der Waals surface area contributed by atoms with Crippen LogP contribution in [-0.4, -0.2) is 17.9 Å². The minimum Gasteiger partial charge on any atom is -0.338 e. The molecule has 1 amide bonds. The van der Waals surface area contributed by atoms with Crippen molar-refractivity contribution in [2.45, 2.75) is 20.4 Å². The van der Waals surface area contributed by atoms with Gasteiger partial charge in [0.1, 0.15) is 0 Å². The molecule has 0 saturated heterocycles. The average molecular weight is 203 g/mol. The van der Waals surface area contributed by atoms with Crippen LogP contribution in [0.5, 0.6) is 0 Å². The number of hydrogen-bond donors (Lipinski definition) is 0. The first-order valence-corrected chi connectivity index (χ1v) is 4.97. The summed E-state index contributed by atoms with van der Waals surface area (Å²) in [7, 11) is 1.78. The summed E-state index contributed by atoms with van der Waals surface area (Å²) < 4.78 is 0. The molecule has 0 bridgehead atoms. The van der Waals surface area contributed by atoms with E-state index in [4.69, 9.17) is 0 Å². The zero-order valence-corrected chi connectivity index (χ0v) is 9.58. The normalized spacial score (nSPS) is 9.80. The highest BCUT2D eigenvalue weighted by molar-refractivity contribution is 5.86. The molecule has 15 heavy (non-hydrogen) atoms. The molecule has 0 atom stereocenters. The lowest BCUT2D eigenvalue weighted by molar-refractivity contribution is -0.125. The van der Waals surface area contributed by atoms with E-state index in [1.165, 1.54) is 17.2 Å². The zero-order chi connectivity index (χ0) is 11.4. The molecule has 0 unspecified atom stereocenters. The van der Waals surface area contributed by atoms with Gasteiger partial charge in [0.2, 0.25) is 5.91 Å². The van der Waals surface area contributed by atoms with E-state index in [-0.39, 0.29) is 5.91 Å². The van der Waals surface area contributed by atoms with Crippen LogP contribution in [0.2, 0.25) is 0 Å². The van der Waals surface area contributed by atoms with Gasteiger partial charge in [0.05, 0.1) is 0 Å². The average Bonchev–Trinajstić information content (AvgIpc) is 2.14. The van der Waals surface area contributed by atoms with Crippen molar-refractivity contribution in [1.29, 1.82) is 0 Å². The second-order valence-corrected chi connectivity index (χ2v) is 3.89. The van der Waals surface area contributed by atoms with Crippen LogP contribution in [0, 0.1) is 13.8 Å². The summed E-state index contributed by atoms with van der Waals surface area (Å²) in [6, 6.07) is 6.32. The van der Waals surface area contributed by atoms with Gasteiger partial charge < -0.3 is 4.90 Å². The predicted molar refractivity (Wildman–Crippen MR) is 62.6 cm³/mol. The van der Waals surface area contributed by atoms with Gasteiger partial charge in [-0.3, -0.25) is 4.79 Å². The number of hydrogen-bond acceptors (Lipinski definition) is 1. The molecule has 0 aliphatic rings. The summed E-state index contributed by atoms with van der Waals surface area (Å²) >= 11 is 0. The molecule has 0 N–H and O–H groups in total. The van der Waals surface area contributed by atoms with Crippen molar-refractivity contribution < 1.29 is 4.79 Å². The van der Waals surface area contributed by atoms with Gasteiger partial charge in [-0.2, -0.15) is 0 Å². The van der Waals surface area contributed by atoms with Gasteiger partial charge in [0.15, 0.2) is 0 Å². The summed E-state index contributed by atoms with van der Waals surface area (Å²) in [5.74, 6) is -0.0471. The van der Waals surface area contributed by atoms with Crippen LogP contribution in [0.15, 0.2) is 30.9 Å². The SMILES string of the molecule is C=CC(=O)N(C)Cc1cc(C)cc(C)c1. The van der Waals surface area contributed by atoms with Crippen LogP contribution >= 0.6 is 0 Å². The Kier molecular flexibility index (Phi) is 3.67. The van der Waals surface area contributed by atoms with Crippen LogP contribution in [0.1, 0.15) is 16.7 Å². The largest absolute Gasteiger partial charge is 0.338 e. The predicted octanol–water partition coefficient (Wildman–Crippen LogP) is 2.45. The van der Waals surface area contributed by atoms with Gasteiger partial charge in [-0.1, -0.05) is 35.9 Å². The monoisotopic (exact) mass is 203 g/mol. The lowest BCUT2D eigenvalue weighted by atomic mass is 10.1. The number of likely N-dealkylation sites (N-methyl/N-ethyl adjacent to an activating group) is 1. The first-order chi connectivity index (χ1) is 7.02. The van der Waals surface area contributed by atoms with E-state index in [2.05, 4.69) is 38.6 Å². The molecule has 0 saturated carbocycles. The molecule has 0 aliphatic heterocycles. The molecule has 2 nitrogen and oxygen atoms in total. The maximum absolute atomic E-state index is 11.3. The Morgan fingerprint density at radius 3 is 2.33 bits per heavy atom. The molecule has 1 aromatic carbocycles. The van der Waals surface area contributed by atoms with E-state index >= 15 is 0 Å². The van der Waals surface area contributed by atoms with Crippen LogP contribution < -0.4 is 0 Å². The third kappa shape index (κ3) is 3.24. The molecule has 0 aliphatic carbocycles. The summed E-state index contributed by atoms with van der Waals surface area (Å²) in [5.41, 5.74) is 3.61. The number of carbonyl (C=O) groups is 1. The summed E-state index contributed by atoms with van der Waals surface area (Å²) in [5, 5.41) is 0. The van der Waals surface area contributed by atoms with Gasteiger partial charge in [0.25, 0.3) is 0 Å². The molecule has 0 fully saturated rings. The number of benzene rings is 1. The van der Waals surface area contributed by atoms with Gasteiger partial charge in [-0.25, -0.2) is 0 Å². The standard InChI is InChI=1S/C13H17NO/c1-5-13(15)14(4)9-12-7-10(2)6-11(3)8-12/h5-8H,1,9H2,2-4H3. The third-order valence-corrected chi connectivity index (χ3v) is 2.25. The number of aryl methyl sites for hydroxylation is 2. The molecule has 1 aromatic rings. The Morgan fingerprint density at radius 2 is 1.87 bits per heavy atom. The summed E-state index contributed by atoms with van der Waals surface area (Å²) in [4.78, 5) is 12.9. The van der Waals surface area contributed by atoms with E-state index in [1.54, 1.807) is 11.9 Å². The molecule has 0 heterocycles. The maximum atomic E-state index is 11.3. The minimum atomic E-state index is -0.0471.